The molecule has 1 unspecified atom stereocenters. The SMILES string of the molecule is C#Cc1cccc2cc(N(C(=O)OC(C)(C)C)C(=O)OC(C)(C)C)nc(-c3nc4c5c(nc(OCC67CC(=C)CN6C[C@H](F)C7)nc5c3F)N3C[C@H]5CC[C@@H]([C@H]3[C@H](C)O4)N5C(=O)OC(C)(C)C)c12. The lowest BCUT2D eigenvalue weighted by atomic mass is 9.93. The van der Waals surface area contributed by atoms with E-state index in [1.54, 1.807) is 64.6 Å². The third-order valence-electron chi connectivity index (χ3n) is 12.8. The fourth-order valence-electron chi connectivity index (χ4n) is 10.5. The number of pyridine rings is 2. The van der Waals surface area contributed by atoms with Crippen LogP contribution >= 0.6 is 0 Å². The highest BCUT2D eigenvalue weighted by molar-refractivity contribution is 6.11. The molecule has 16 nitrogen and oxygen atoms in total. The molecule has 5 aliphatic heterocycles. The normalized spacial score (nSPS) is 24.5. The second-order valence-corrected chi connectivity index (χ2v) is 21.6. The van der Waals surface area contributed by atoms with Crippen LogP contribution in [0.1, 0.15) is 100 Å². The Morgan fingerprint density at radius 3 is 2.29 bits per heavy atom. The molecule has 1 aromatic carbocycles. The van der Waals surface area contributed by atoms with Gasteiger partial charge in [-0.1, -0.05) is 30.2 Å². The number of nitrogens with zero attached hydrogens (tertiary/aromatic N) is 8. The highest BCUT2D eigenvalue weighted by Gasteiger charge is 2.55. The van der Waals surface area contributed by atoms with E-state index in [1.165, 1.54) is 6.07 Å². The Balaban J connectivity index is 1.25. The van der Waals surface area contributed by atoms with Gasteiger partial charge in [-0.3, -0.25) is 9.80 Å². The van der Waals surface area contributed by atoms with E-state index in [1.807, 2.05) is 37.5 Å². The Kier molecular flexibility index (Phi) is 11.3. The maximum Gasteiger partial charge on any atom is 0.425 e. The number of hydrogen-bond acceptors (Lipinski definition) is 14. The van der Waals surface area contributed by atoms with Gasteiger partial charge < -0.3 is 28.6 Å². The van der Waals surface area contributed by atoms with Crippen molar-refractivity contribution in [3.8, 4) is 35.6 Å². The molecule has 9 rings (SSSR count). The summed E-state index contributed by atoms with van der Waals surface area (Å²) >= 11 is 0. The molecule has 4 aromatic rings. The van der Waals surface area contributed by atoms with Gasteiger partial charge in [-0.25, -0.2) is 33.1 Å². The highest BCUT2D eigenvalue weighted by Crippen LogP contribution is 2.48. The molecule has 360 valence electrons. The van der Waals surface area contributed by atoms with Crippen LogP contribution in [0.25, 0.3) is 33.1 Å². The van der Waals surface area contributed by atoms with Gasteiger partial charge in [-0.15, -0.1) is 6.42 Å². The van der Waals surface area contributed by atoms with Crippen LogP contribution in [-0.4, -0.2) is 127 Å². The average molecular weight is 937 g/mol. The first-order chi connectivity index (χ1) is 31.8. The Bertz CT molecular complexity index is 2790. The summed E-state index contributed by atoms with van der Waals surface area (Å²) in [5.74, 6) is 1.68. The van der Waals surface area contributed by atoms with Crippen LogP contribution in [-0.2, 0) is 14.2 Å². The maximum absolute atomic E-state index is 18.2. The number of piperazine rings is 1. The summed E-state index contributed by atoms with van der Waals surface area (Å²) in [4.78, 5) is 67.7. The summed E-state index contributed by atoms with van der Waals surface area (Å²) in [5.41, 5.74) is -3.01. The number of benzene rings is 1. The first-order valence-corrected chi connectivity index (χ1v) is 23.0. The number of imide groups is 1. The predicted molar refractivity (Wildman–Crippen MR) is 250 cm³/mol. The third kappa shape index (κ3) is 8.47. The molecule has 4 saturated heterocycles. The van der Waals surface area contributed by atoms with Crippen molar-refractivity contribution < 1.29 is 46.8 Å². The molecule has 0 N–H and O–H groups in total. The van der Waals surface area contributed by atoms with Crippen LogP contribution in [0.3, 0.4) is 0 Å². The zero-order valence-corrected chi connectivity index (χ0v) is 40.2. The molecule has 0 radical (unpaired) electrons. The van der Waals surface area contributed by atoms with E-state index in [-0.39, 0.29) is 76.8 Å². The Labute approximate surface area is 394 Å². The number of alkyl halides is 1. The molecule has 4 fully saturated rings. The smallest absolute Gasteiger partial charge is 0.425 e. The van der Waals surface area contributed by atoms with E-state index in [0.29, 0.717) is 48.2 Å². The number of anilines is 2. The van der Waals surface area contributed by atoms with Gasteiger partial charge in [0.1, 0.15) is 69.6 Å². The second-order valence-electron chi connectivity index (χ2n) is 21.6. The lowest BCUT2D eigenvalue weighted by Crippen LogP contribution is -2.65. The molecule has 8 heterocycles. The molecule has 2 bridgehead atoms. The predicted octanol–water partition coefficient (Wildman–Crippen LogP) is 8.90. The fourth-order valence-corrected chi connectivity index (χ4v) is 10.5. The summed E-state index contributed by atoms with van der Waals surface area (Å²) in [6, 6.07) is 5.12. The number of halogens is 2. The summed E-state index contributed by atoms with van der Waals surface area (Å²) in [5, 5.41) is 0.813. The third-order valence-corrected chi connectivity index (χ3v) is 12.8. The maximum atomic E-state index is 18.2. The van der Waals surface area contributed by atoms with Gasteiger partial charge in [0.15, 0.2) is 5.82 Å². The monoisotopic (exact) mass is 936 g/mol. The van der Waals surface area contributed by atoms with Crippen molar-refractivity contribution in [1.29, 1.82) is 0 Å². The van der Waals surface area contributed by atoms with Crippen molar-refractivity contribution in [2.75, 3.05) is 36.0 Å². The number of ether oxygens (including phenoxy) is 5. The van der Waals surface area contributed by atoms with Crippen LogP contribution in [0.5, 0.6) is 11.9 Å². The number of carbonyl (C=O) groups excluding carboxylic acids is 3. The summed E-state index contributed by atoms with van der Waals surface area (Å²) in [6.07, 6.45) is 3.76. The molecule has 3 amide bonds. The van der Waals surface area contributed by atoms with Crippen molar-refractivity contribution in [2.24, 2.45) is 0 Å². The van der Waals surface area contributed by atoms with Crippen LogP contribution < -0.4 is 19.3 Å². The molecule has 6 atom stereocenters. The first kappa shape index (κ1) is 46.7. The van der Waals surface area contributed by atoms with Gasteiger partial charge in [0.05, 0.1) is 23.7 Å². The van der Waals surface area contributed by atoms with Crippen LogP contribution in [0.4, 0.5) is 34.8 Å². The van der Waals surface area contributed by atoms with Crippen LogP contribution in [0, 0.1) is 18.2 Å². The average Bonchev–Trinajstić information content (AvgIpc) is 3.78. The fraction of sp³-hybridized carbons (Fsp3) is 0.540. The van der Waals surface area contributed by atoms with E-state index < -0.39 is 70.8 Å². The standard InChI is InChI=1S/C50H58F2N8O8/c1-13-28-15-14-16-29-19-33(60(45(62)67-48(7,8)9)46(63)68-49(10,11)12)53-38(34(28)29)39-36(52)37-35-41(56-43(55-37)64-25-50-20-26(2)22-57(50)23-30(51)21-50)58-24-31-17-18-32(40(58)27(3)65-42(35)54-39)59(31)44(61)66-47(4,5)6/h1,14-16,19,27,30-32,40H,2,17-18,20-25H2,3-12H3/t27-,30+,31+,32-,40+,50?/m0/s1. The van der Waals surface area contributed by atoms with Crippen molar-refractivity contribution in [3.05, 3.63) is 47.8 Å². The van der Waals surface area contributed by atoms with E-state index in [4.69, 9.17) is 50.0 Å². The van der Waals surface area contributed by atoms with Crippen molar-refractivity contribution >= 4 is 51.6 Å². The van der Waals surface area contributed by atoms with Gasteiger partial charge in [0, 0.05) is 37.0 Å². The summed E-state index contributed by atoms with van der Waals surface area (Å²) < 4.78 is 63.8. The Hall–Kier alpha value is -6.35. The van der Waals surface area contributed by atoms with Gasteiger partial charge >= 0.3 is 24.3 Å². The number of hydrogen-bond donors (Lipinski definition) is 0. The van der Waals surface area contributed by atoms with Crippen molar-refractivity contribution in [3.63, 3.8) is 0 Å². The number of aromatic nitrogens is 4. The number of amides is 3. The number of rotatable bonds is 5. The largest absolute Gasteiger partial charge is 0.472 e. The summed E-state index contributed by atoms with van der Waals surface area (Å²) in [6.45, 7) is 22.4. The summed E-state index contributed by atoms with van der Waals surface area (Å²) in [7, 11) is 0. The van der Waals surface area contributed by atoms with E-state index in [0.717, 1.165) is 5.57 Å². The van der Waals surface area contributed by atoms with Gasteiger partial charge in [0.2, 0.25) is 5.88 Å². The number of terminal acetylenes is 1. The first-order valence-electron chi connectivity index (χ1n) is 23.0. The quantitative estimate of drug-likeness (QED) is 0.106. The molecule has 68 heavy (non-hydrogen) atoms. The van der Waals surface area contributed by atoms with E-state index in [9.17, 15) is 14.4 Å². The van der Waals surface area contributed by atoms with E-state index in [2.05, 4.69) is 12.5 Å². The zero-order chi connectivity index (χ0) is 49.0. The van der Waals surface area contributed by atoms with Crippen molar-refractivity contribution in [2.45, 2.75) is 148 Å². The molecule has 0 aliphatic carbocycles. The topological polar surface area (TPSA) is 162 Å². The number of carbonyl (C=O) groups is 3. The van der Waals surface area contributed by atoms with Crippen molar-refractivity contribution in [1.82, 2.24) is 29.7 Å². The van der Waals surface area contributed by atoms with Crippen LogP contribution in [0.15, 0.2) is 36.4 Å². The minimum atomic E-state index is -1.09. The van der Waals surface area contributed by atoms with Gasteiger partial charge in [0.25, 0.3) is 0 Å². The van der Waals surface area contributed by atoms with Crippen LogP contribution in [0.2, 0.25) is 0 Å². The Morgan fingerprint density at radius 2 is 1.63 bits per heavy atom. The minimum absolute atomic E-state index is 0.00272. The molecule has 5 aliphatic rings. The zero-order valence-electron chi connectivity index (χ0n) is 40.2. The number of fused-ring (bicyclic) bond motifs is 7. The molecule has 18 heteroatoms. The lowest BCUT2D eigenvalue weighted by molar-refractivity contribution is 0.000870. The van der Waals surface area contributed by atoms with E-state index >= 15 is 8.78 Å². The lowest BCUT2D eigenvalue weighted by Gasteiger charge is -2.48. The molecule has 0 spiro atoms. The Morgan fingerprint density at radius 1 is 0.941 bits per heavy atom. The minimum Gasteiger partial charge on any atom is -0.472 e. The molecular weight excluding hydrogens is 879 g/mol. The second kappa shape index (κ2) is 16.4. The molecule has 3 aromatic heterocycles. The molecule has 0 saturated carbocycles. The molecular formula is C50H58F2N8O8. The van der Waals surface area contributed by atoms with Gasteiger partial charge in [-0.2, -0.15) is 14.9 Å². The van der Waals surface area contributed by atoms with Gasteiger partial charge in [-0.05, 0) is 106 Å². The highest BCUT2D eigenvalue weighted by atomic mass is 19.1.